The number of nitrogens with two attached hydrogens (primary N) is 1. The van der Waals surface area contributed by atoms with Crippen LogP contribution in [0.25, 0.3) is 0 Å². The van der Waals surface area contributed by atoms with E-state index in [0.717, 1.165) is 35.7 Å². The third kappa shape index (κ3) is 6.08. The number of hydrogen-bond donors (Lipinski definition) is 1. The molecule has 4 nitrogen and oxygen atoms in total. The Labute approximate surface area is 147 Å². The van der Waals surface area contributed by atoms with E-state index in [1.54, 1.807) is 6.21 Å². The van der Waals surface area contributed by atoms with Crippen LogP contribution < -0.4 is 10.5 Å². The first-order chi connectivity index (χ1) is 11.7. The third-order valence-corrected chi connectivity index (χ3v) is 4.15. The van der Waals surface area contributed by atoms with E-state index in [0.29, 0.717) is 5.17 Å². The molecule has 2 aromatic rings. The van der Waals surface area contributed by atoms with Gasteiger partial charge in [0, 0.05) is 5.75 Å². The molecule has 0 saturated heterocycles. The summed E-state index contributed by atoms with van der Waals surface area (Å²) < 4.78 is 5.61. The fourth-order valence-corrected chi connectivity index (χ4v) is 2.62. The molecule has 5 heteroatoms. The molecule has 0 heterocycles. The topological polar surface area (TPSA) is 60.0 Å². The highest BCUT2D eigenvalue weighted by atomic mass is 32.2. The summed E-state index contributed by atoms with van der Waals surface area (Å²) in [4.78, 5) is 0. The minimum absolute atomic E-state index is 0.454. The maximum Gasteiger partial charge on any atom is 0.180 e. The van der Waals surface area contributed by atoms with E-state index in [2.05, 4.69) is 29.3 Å². The largest absolute Gasteiger partial charge is 0.494 e. The standard InChI is InChI=1S/C19H23N3OS/c1-3-11-23-18-10-9-17(15(2)12-18)13-21-22-19(20)24-14-16-7-5-4-6-8-16/h4-10,12-13H,3,11,14H2,1-2H3,(H2,20,22). The fraction of sp³-hybridized carbons (Fsp3) is 0.263. The zero-order valence-electron chi connectivity index (χ0n) is 14.1. The molecule has 0 atom stereocenters. The van der Waals surface area contributed by atoms with Gasteiger partial charge in [0.25, 0.3) is 0 Å². The number of ether oxygens (including phenoxy) is 1. The van der Waals surface area contributed by atoms with Crippen molar-refractivity contribution in [2.75, 3.05) is 6.61 Å². The van der Waals surface area contributed by atoms with Crippen LogP contribution in [0.5, 0.6) is 5.75 Å². The van der Waals surface area contributed by atoms with Crippen LogP contribution in [0.3, 0.4) is 0 Å². The van der Waals surface area contributed by atoms with Gasteiger partial charge in [-0.15, -0.1) is 5.10 Å². The molecular formula is C19H23N3OS. The maximum atomic E-state index is 5.88. The molecule has 126 valence electrons. The molecule has 2 rings (SSSR count). The quantitative estimate of drug-likeness (QED) is 0.462. The van der Waals surface area contributed by atoms with Crippen LogP contribution in [0.1, 0.15) is 30.0 Å². The van der Waals surface area contributed by atoms with Crippen molar-refractivity contribution < 1.29 is 4.74 Å². The van der Waals surface area contributed by atoms with Gasteiger partial charge >= 0.3 is 0 Å². The van der Waals surface area contributed by atoms with Gasteiger partial charge in [-0.05, 0) is 48.2 Å². The summed E-state index contributed by atoms with van der Waals surface area (Å²) in [6, 6.07) is 16.1. The van der Waals surface area contributed by atoms with E-state index in [1.807, 2.05) is 43.3 Å². The Morgan fingerprint density at radius 2 is 2.00 bits per heavy atom. The highest BCUT2D eigenvalue weighted by molar-refractivity contribution is 8.13. The minimum Gasteiger partial charge on any atom is -0.494 e. The van der Waals surface area contributed by atoms with Crippen molar-refractivity contribution in [1.29, 1.82) is 0 Å². The lowest BCUT2D eigenvalue weighted by molar-refractivity contribution is 0.317. The highest BCUT2D eigenvalue weighted by Gasteiger charge is 1.99. The predicted octanol–water partition coefficient (Wildman–Crippen LogP) is 4.37. The van der Waals surface area contributed by atoms with Crippen molar-refractivity contribution in [1.82, 2.24) is 0 Å². The van der Waals surface area contributed by atoms with Crippen LogP contribution in [-0.4, -0.2) is 18.0 Å². The number of thioether (sulfide) groups is 1. The van der Waals surface area contributed by atoms with Crippen molar-refractivity contribution in [3.05, 3.63) is 65.2 Å². The molecule has 0 spiro atoms. The number of rotatable bonds is 7. The first kappa shape index (κ1) is 18.1. The molecule has 24 heavy (non-hydrogen) atoms. The molecule has 0 amide bonds. The molecule has 0 saturated carbocycles. The molecule has 0 unspecified atom stereocenters. The molecule has 0 radical (unpaired) electrons. The Balaban J connectivity index is 1.90. The van der Waals surface area contributed by atoms with Crippen LogP contribution in [-0.2, 0) is 5.75 Å². The van der Waals surface area contributed by atoms with Crippen LogP contribution in [0, 0.1) is 6.92 Å². The first-order valence-corrected chi connectivity index (χ1v) is 8.94. The lowest BCUT2D eigenvalue weighted by Crippen LogP contribution is -2.06. The summed E-state index contributed by atoms with van der Waals surface area (Å²) in [5, 5.41) is 8.58. The number of amidine groups is 1. The van der Waals surface area contributed by atoms with Gasteiger partial charge in [0.05, 0.1) is 12.8 Å². The van der Waals surface area contributed by atoms with Crippen LogP contribution in [0.2, 0.25) is 0 Å². The summed E-state index contributed by atoms with van der Waals surface area (Å²) in [5.74, 6) is 1.67. The Morgan fingerprint density at radius 3 is 2.71 bits per heavy atom. The number of nitrogens with zero attached hydrogens (tertiary/aromatic N) is 2. The number of hydrogen-bond acceptors (Lipinski definition) is 4. The van der Waals surface area contributed by atoms with Crippen molar-refractivity contribution in [3.8, 4) is 5.75 Å². The van der Waals surface area contributed by atoms with Crippen molar-refractivity contribution >= 4 is 23.1 Å². The maximum absolute atomic E-state index is 5.88. The van der Waals surface area contributed by atoms with Gasteiger partial charge in [0.15, 0.2) is 5.17 Å². The van der Waals surface area contributed by atoms with Gasteiger partial charge in [0.1, 0.15) is 5.75 Å². The number of benzene rings is 2. The molecular weight excluding hydrogens is 318 g/mol. The highest BCUT2D eigenvalue weighted by Crippen LogP contribution is 2.16. The van der Waals surface area contributed by atoms with Crippen LogP contribution >= 0.6 is 11.8 Å². The zero-order valence-corrected chi connectivity index (χ0v) is 14.9. The SMILES string of the molecule is CCCOc1ccc(C=NN=C(N)SCc2ccccc2)c(C)c1. The first-order valence-electron chi connectivity index (χ1n) is 7.95. The van der Waals surface area contributed by atoms with E-state index in [-0.39, 0.29) is 0 Å². The second kappa shape index (κ2) is 9.78. The van der Waals surface area contributed by atoms with Gasteiger partial charge in [0.2, 0.25) is 0 Å². The van der Waals surface area contributed by atoms with Gasteiger partial charge in [-0.1, -0.05) is 49.0 Å². The summed E-state index contributed by atoms with van der Waals surface area (Å²) in [5.41, 5.74) is 9.19. The molecule has 0 aliphatic carbocycles. The average molecular weight is 341 g/mol. The molecule has 0 aliphatic rings. The third-order valence-electron chi connectivity index (χ3n) is 3.30. The van der Waals surface area contributed by atoms with Gasteiger partial charge in [-0.25, -0.2) is 0 Å². The van der Waals surface area contributed by atoms with E-state index < -0.39 is 0 Å². The Kier molecular flexibility index (Phi) is 7.36. The average Bonchev–Trinajstić information content (AvgIpc) is 2.60. The van der Waals surface area contributed by atoms with Gasteiger partial charge < -0.3 is 10.5 Å². The Morgan fingerprint density at radius 1 is 1.21 bits per heavy atom. The molecule has 0 fully saturated rings. The van der Waals surface area contributed by atoms with E-state index in [4.69, 9.17) is 10.5 Å². The molecule has 0 aromatic heterocycles. The predicted molar refractivity (Wildman–Crippen MR) is 104 cm³/mol. The van der Waals surface area contributed by atoms with Crippen molar-refractivity contribution in [2.45, 2.75) is 26.0 Å². The molecule has 0 aliphatic heterocycles. The Bertz CT molecular complexity index is 699. The van der Waals surface area contributed by atoms with E-state index in [9.17, 15) is 0 Å². The summed E-state index contributed by atoms with van der Waals surface area (Å²) in [6.07, 6.45) is 2.71. The lowest BCUT2D eigenvalue weighted by Gasteiger charge is -2.06. The molecule has 2 N–H and O–H groups in total. The zero-order chi connectivity index (χ0) is 17.2. The summed E-state index contributed by atoms with van der Waals surface area (Å²) in [7, 11) is 0. The van der Waals surface area contributed by atoms with Gasteiger partial charge in [-0.3, -0.25) is 0 Å². The van der Waals surface area contributed by atoms with Crippen molar-refractivity contribution in [3.63, 3.8) is 0 Å². The van der Waals surface area contributed by atoms with Crippen molar-refractivity contribution in [2.24, 2.45) is 15.9 Å². The van der Waals surface area contributed by atoms with Crippen LogP contribution in [0.4, 0.5) is 0 Å². The molecule has 2 aromatic carbocycles. The minimum atomic E-state index is 0.454. The lowest BCUT2D eigenvalue weighted by atomic mass is 10.1. The fourth-order valence-electron chi connectivity index (χ4n) is 2.01. The normalized spacial score (nSPS) is 11.8. The smallest absolute Gasteiger partial charge is 0.180 e. The molecule has 0 bridgehead atoms. The number of aryl methyl sites for hydroxylation is 1. The summed E-state index contributed by atoms with van der Waals surface area (Å²) in [6.45, 7) is 4.84. The second-order valence-electron chi connectivity index (χ2n) is 5.32. The summed E-state index contributed by atoms with van der Waals surface area (Å²) >= 11 is 1.47. The van der Waals surface area contributed by atoms with E-state index >= 15 is 0 Å². The monoisotopic (exact) mass is 341 g/mol. The van der Waals surface area contributed by atoms with Crippen LogP contribution in [0.15, 0.2) is 58.7 Å². The van der Waals surface area contributed by atoms with Gasteiger partial charge in [-0.2, -0.15) is 5.10 Å². The second-order valence-corrected chi connectivity index (χ2v) is 6.32. The Hall–Kier alpha value is -2.27. The van der Waals surface area contributed by atoms with E-state index in [1.165, 1.54) is 17.3 Å².